The minimum absolute atomic E-state index is 0.0160. The first kappa shape index (κ1) is 22.1. The van der Waals surface area contributed by atoms with Gasteiger partial charge in [-0.1, -0.05) is 44.2 Å². The van der Waals surface area contributed by atoms with Crippen molar-refractivity contribution in [1.29, 1.82) is 0 Å². The van der Waals surface area contributed by atoms with E-state index in [0.29, 0.717) is 12.1 Å². The number of carbonyl (C=O) groups excluding carboxylic acids is 3. The van der Waals surface area contributed by atoms with E-state index in [2.05, 4.69) is 13.8 Å². The maximum Gasteiger partial charge on any atom is 0.313 e. The van der Waals surface area contributed by atoms with Crippen LogP contribution >= 0.6 is 0 Å². The predicted octanol–water partition coefficient (Wildman–Crippen LogP) is 3.33. The molecule has 2 aliphatic rings. The number of carbonyl (C=O) groups is 3. The van der Waals surface area contributed by atoms with E-state index in [-0.39, 0.29) is 42.9 Å². The molecule has 1 saturated heterocycles. The van der Waals surface area contributed by atoms with Gasteiger partial charge in [0.1, 0.15) is 0 Å². The number of hydrogen-bond donors (Lipinski definition) is 0. The van der Waals surface area contributed by atoms with Crippen molar-refractivity contribution in [2.75, 3.05) is 19.8 Å². The number of ether oxygens (including phenoxy) is 2. The number of benzene rings is 1. The number of amides is 1. The summed E-state index contributed by atoms with van der Waals surface area (Å²) in [5, 5.41) is 0. The predicted molar refractivity (Wildman–Crippen MR) is 112 cm³/mol. The van der Waals surface area contributed by atoms with Gasteiger partial charge in [-0.2, -0.15) is 0 Å². The zero-order valence-corrected chi connectivity index (χ0v) is 18.1. The largest absolute Gasteiger partial charge is 0.466 e. The van der Waals surface area contributed by atoms with Gasteiger partial charge in [0.05, 0.1) is 25.0 Å². The summed E-state index contributed by atoms with van der Waals surface area (Å²) >= 11 is 0. The Morgan fingerprint density at radius 3 is 2.23 bits per heavy atom. The van der Waals surface area contributed by atoms with Crippen LogP contribution in [0.4, 0.5) is 0 Å². The third-order valence-electron chi connectivity index (χ3n) is 6.13. The molecule has 0 saturated carbocycles. The standard InChI is InChI=1S/C24H31NO5/c1-5-29-23(27)18-13-12-17-19(20(18)24(28)30-6-2)14-25(21(17)15(3)4)22(26)16-10-8-7-9-11-16/h7-13,15,17-21H,5-6,14H2,1-4H3/t17-,18+,19+,20+,21+/m1/s1. The van der Waals surface area contributed by atoms with Gasteiger partial charge in [0.2, 0.25) is 0 Å². The first-order valence-corrected chi connectivity index (χ1v) is 10.8. The van der Waals surface area contributed by atoms with Crippen molar-refractivity contribution in [2.45, 2.75) is 33.7 Å². The van der Waals surface area contributed by atoms with Gasteiger partial charge >= 0.3 is 11.9 Å². The molecule has 1 fully saturated rings. The van der Waals surface area contributed by atoms with Crippen molar-refractivity contribution in [3.63, 3.8) is 0 Å². The molecular formula is C24H31NO5. The molecule has 1 aromatic carbocycles. The third kappa shape index (κ3) is 4.13. The minimum atomic E-state index is -0.690. The van der Waals surface area contributed by atoms with Gasteiger partial charge in [0.15, 0.2) is 0 Å². The summed E-state index contributed by atoms with van der Waals surface area (Å²) in [6.45, 7) is 8.57. The van der Waals surface area contributed by atoms with Crippen LogP contribution in [0.1, 0.15) is 38.1 Å². The van der Waals surface area contributed by atoms with Crippen molar-refractivity contribution in [1.82, 2.24) is 4.90 Å². The van der Waals surface area contributed by atoms with Crippen LogP contribution in [-0.4, -0.2) is 48.5 Å². The van der Waals surface area contributed by atoms with Crippen molar-refractivity contribution < 1.29 is 23.9 Å². The van der Waals surface area contributed by atoms with Gasteiger partial charge in [-0.15, -0.1) is 0 Å². The zero-order valence-electron chi connectivity index (χ0n) is 18.1. The Hall–Kier alpha value is -2.63. The van der Waals surface area contributed by atoms with E-state index in [1.165, 1.54) is 0 Å². The Bertz CT molecular complexity index is 803. The molecule has 0 bridgehead atoms. The summed E-state index contributed by atoms with van der Waals surface area (Å²) in [4.78, 5) is 40.7. The van der Waals surface area contributed by atoms with Gasteiger partial charge in [-0.3, -0.25) is 14.4 Å². The second-order valence-electron chi connectivity index (χ2n) is 8.24. The summed E-state index contributed by atoms with van der Waals surface area (Å²) in [5.74, 6) is -2.22. The highest BCUT2D eigenvalue weighted by molar-refractivity contribution is 5.95. The average molecular weight is 414 g/mol. The fraction of sp³-hybridized carbons (Fsp3) is 0.542. The van der Waals surface area contributed by atoms with Crippen LogP contribution in [0.3, 0.4) is 0 Å². The van der Waals surface area contributed by atoms with Crippen molar-refractivity contribution in [3.05, 3.63) is 48.0 Å². The molecule has 5 atom stereocenters. The maximum atomic E-state index is 13.3. The van der Waals surface area contributed by atoms with Gasteiger partial charge in [0, 0.05) is 24.1 Å². The van der Waals surface area contributed by atoms with Crippen LogP contribution in [0.25, 0.3) is 0 Å². The van der Waals surface area contributed by atoms with E-state index < -0.39 is 23.8 Å². The van der Waals surface area contributed by atoms with Crippen LogP contribution < -0.4 is 0 Å². The van der Waals surface area contributed by atoms with E-state index in [1.54, 1.807) is 19.9 Å². The Labute approximate surface area is 178 Å². The lowest BCUT2D eigenvalue weighted by atomic mass is 9.69. The second-order valence-corrected chi connectivity index (χ2v) is 8.24. The SMILES string of the molecule is CCOC(=O)[C@@H]1[C@H]2CN(C(=O)c3ccccc3)[C@@H](C(C)C)[C@@H]2C=C[C@@H]1C(=O)OCC. The van der Waals surface area contributed by atoms with Crippen LogP contribution in [0.15, 0.2) is 42.5 Å². The fourth-order valence-corrected chi connectivity index (χ4v) is 4.97. The molecule has 0 aromatic heterocycles. The minimum Gasteiger partial charge on any atom is -0.466 e. The monoisotopic (exact) mass is 413 g/mol. The van der Waals surface area contributed by atoms with E-state index in [4.69, 9.17) is 9.47 Å². The molecule has 6 nitrogen and oxygen atoms in total. The van der Waals surface area contributed by atoms with E-state index in [1.807, 2.05) is 41.3 Å². The molecule has 162 valence electrons. The molecule has 1 aromatic rings. The van der Waals surface area contributed by atoms with Gasteiger partial charge < -0.3 is 14.4 Å². The number of fused-ring (bicyclic) bond motifs is 1. The second kappa shape index (κ2) is 9.45. The molecule has 6 heteroatoms. The zero-order chi connectivity index (χ0) is 21.8. The van der Waals surface area contributed by atoms with Gasteiger partial charge in [0.25, 0.3) is 5.91 Å². The molecule has 0 unspecified atom stereocenters. The summed E-state index contributed by atoms with van der Waals surface area (Å²) in [7, 11) is 0. The summed E-state index contributed by atoms with van der Waals surface area (Å²) in [6, 6.07) is 9.13. The molecule has 1 aliphatic heterocycles. The normalized spacial score (nSPS) is 27.6. The lowest BCUT2D eigenvalue weighted by molar-refractivity contribution is -0.161. The Morgan fingerprint density at radius 1 is 1.00 bits per heavy atom. The smallest absolute Gasteiger partial charge is 0.313 e. The number of likely N-dealkylation sites (tertiary alicyclic amines) is 1. The number of hydrogen-bond acceptors (Lipinski definition) is 5. The maximum absolute atomic E-state index is 13.3. The fourth-order valence-electron chi connectivity index (χ4n) is 4.97. The van der Waals surface area contributed by atoms with Gasteiger partial charge in [-0.25, -0.2) is 0 Å². The number of rotatable bonds is 6. The summed E-state index contributed by atoms with van der Waals surface area (Å²) in [5.41, 5.74) is 0.625. The van der Waals surface area contributed by atoms with Crippen molar-refractivity contribution in [2.24, 2.45) is 29.6 Å². The van der Waals surface area contributed by atoms with Crippen molar-refractivity contribution in [3.8, 4) is 0 Å². The molecule has 0 N–H and O–H groups in total. The first-order chi connectivity index (χ1) is 14.4. The third-order valence-corrected chi connectivity index (χ3v) is 6.13. The Morgan fingerprint density at radius 2 is 1.63 bits per heavy atom. The number of nitrogens with zero attached hydrogens (tertiary/aromatic N) is 1. The van der Waals surface area contributed by atoms with Crippen LogP contribution in [-0.2, 0) is 19.1 Å². The lowest BCUT2D eigenvalue weighted by Gasteiger charge is -2.35. The molecule has 30 heavy (non-hydrogen) atoms. The molecular weight excluding hydrogens is 382 g/mol. The average Bonchev–Trinajstić information content (AvgIpc) is 3.13. The van der Waals surface area contributed by atoms with E-state index >= 15 is 0 Å². The lowest BCUT2D eigenvalue weighted by Crippen LogP contribution is -2.43. The molecule has 3 rings (SSSR count). The summed E-state index contributed by atoms with van der Waals surface area (Å²) < 4.78 is 10.6. The van der Waals surface area contributed by atoms with Crippen LogP contribution in [0.5, 0.6) is 0 Å². The summed E-state index contributed by atoms with van der Waals surface area (Å²) in [6.07, 6.45) is 3.79. The first-order valence-electron chi connectivity index (χ1n) is 10.8. The van der Waals surface area contributed by atoms with E-state index in [9.17, 15) is 14.4 Å². The quantitative estimate of drug-likeness (QED) is 0.528. The molecule has 1 heterocycles. The molecule has 1 aliphatic carbocycles. The highest BCUT2D eigenvalue weighted by atomic mass is 16.5. The van der Waals surface area contributed by atoms with Crippen LogP contribution in [0.2, 0.25) is 0 Å². The van der Waals surface area contributed by atoms with Gasteiger partial charge in [-0.05, 0) is 37.8 Å². The Balaban J connectivity index is 1.97. The highest BCUT2D eigenvalue weighted by Gasteiger charge is 2.54. The topological polar surface area (TPSA) is 72.9 Å². The van der Waals surface area contributed by atoms with E-state index in [0.717, 1.165) is 0 Å². The molecule has 1 amide bonds. The highest BCUT2D eigenvalue weighted by Crippen LogP contribution is 2.46. The van der Waals surface area contributed by atoms with Crippen LogP contribution in [0, 0.1) is 29.6 Å². The molecule has 0 spiro atoms. The van der Waals surface area contributed by atoms with Crippen molar-refractivity contribution >= 4 is 17.8 Å². The molecule has 0 radical (unpaired) electrons. The Kier molecular flexibility index (Phi) is 6.95. The number of esters is 2.